The highest BCUT2D eigenvalue weighted by Gasteiger charge is 2.31. The van der Waals surface area contributed by atoms with E-state index in [0.29, 0.717) is 6.07 Å². The number of hydrogen-bond donors (Lipinski definition) is 0. The summed E-state index contributed by atoms with van der Waals surface area (Å²) < 4.78 is 52.4. The van der Waals surface area contributed by atoms with Gasteiger partial charge in [-0.15, -0.1) is 13.2 Å². The highest BCUT2D eigenvalue weighted by molar-refractivity contribution is 9.10. The Hall–Kier alpha value is -1.11. The van der Waals surface area contributed by atoms with Gasteiger partial charge >= 0.3 is 6.36 Å². The summed E-state index contributed by atoms with van der Waals surface area (Å²) in [4.78, 5) is 10.8. The smallest absolute Gasteiger partial charge is 0.406 e. The van der Waals surface area contributed by atoms with Gasteiger partial charge < -0.3 is 4.74 Å². The quantitative estimate of drug-likeness (QED) is 0.483. The van der Waals surface area contributed by atoms with Crippen LogP contribution in [0, 0.1) is 5.82 Å². The van der Waals surface area contributed by atoms with Gasteiger partial charge in [0.05, 0.1) is 10.4 Å². The van der Waals surface area contributed by atoms with Gasteiger partial charge in [-0.2, -0.15) is 0 Å². The fourth-order valence-electron chi connectivity index (χ4n) is 1.11. The zero-order chi connectivity index (χ0) is 13.2. The number of halogens is 5. The summed E-state index contributed by atoms with van der Waals surface area (Å²) in [5.41, 5.74) is -0.288. The van der Waals surface area contributed by atoms with E-state index >= 15 is 0 Å². The predicted molar refractivity (Wildman–Crippen MR) is 55.8 cm³/mol. The summed E-state index contributed by atoms with van der Waals surface area (Å²) in [7, 11) is 0. The van der Waals surface area contributed by atoms with Crippen molar-refractivity contribution in [2.75, 3.05) is 0 Å². The van der Waals surface area contributed by atoms with Gasteiger partial charge in [0.15, 0.2) is 5.78 Å². The number of alkyl halides is 4. The number of ether oxygens (including phenoxy) is 1. The van der Waals surface area contributed by atoms with E-state index in [-0.39, 0.29) is 5.56 Å². The Balaban J connectivity index is 2.98. The highest BCUT2D eigenvalue weighted by Crippen LogP contribution is 2.25. The molecule has 2 nitrogen and oxygen atoms in total. The lowest BCUT2D eigenvalue weighted by Gasteiger charge is -2.10. The molecule has 0 aromatic heterocycles. The first-order chi connectivity index (χ1) is 7.70. The van der Waals surface area contributed by atoms with Gasteiger partial charge in [-0.05, 0) is 19.1 Å². The zero-order valence-corrected chi connectivity index (χ0v) is 10.1. The van der Waals surface area contributed by atoms with Crippen LogP contribution in [0.1, 0.15) is 17.3 Å². The molecule has 1 unspecified atom stereocenters. The molecule has 1 aromatic rings. The average molecular weight is 315 g/mol. The molecule has 0 fully saturated rings. The number of Topliss-reactive ketones (excluding diaryl/α,β-unsaturated/α-hetero) is 1. The van der Waals surface area contributed by atoms with Crippen molar-refractivity contribution in [2.45, 2.75) is 18.1 Å². The van der Waals surface area contributed by atoms with E-state index in [1.807, 2.05) is 0 Å². The number of carbonyl (C=O) groups excluding carboxylic acids is 1. The highest BCUT2D eigenvalue weighted by atomic mass is 79.9. The van der Waals surface area contributed by atoms with Gasteiger partial charge in [0, 0.05) is 6.07 Å². The molecule has 0 bridgehead atoms. The summed E-state index contributed by atoms with van der Waals surface area (Å²) >= 11 is 2.95. The Kier molecular flexibility index (Phi) is 4.13. The Bertz CT molecular complexity index is 429. The van der Waals surface area contributed by atoms with Crippen molar-refractivity contribution in [3.05, 3.63) is 29.6 Å². The first-order valence-corrected chi connectivity index (χ1v) is 5.36. The van der Waals surface area contributed by atoms with Crippen LogP contribution < -0.4 is 4.74 Å². The number of benzene rings is 1. The van der Waals surface area contributed by atoms with Crippen LogP contribution in [0.15, 0.2) is 18.2 Å². The second kappa shape index (κ2) is 5.03. The average Bonchev–Trinajstić information content (AvgIpc) is 2.14. The lowest BCUT2D eigenvalue weighted by Crippen LogP contribution is -2.18. The van der Waals surface area contributed by atoms with Crippen LogP contribution in [0.2, 0.25) is 0 Å². The summed E-state index contributed by atoms with van der Waals surface area (Å²) in [6, 6.07) is 2.37. The minimum atomic E-state index is -4.89. The molecule has 0 amide bonds. The van der Waals surface area contributed by atoms with E-state index in [9.17, 15) is 22.4 Å². The molecule has 0 radical (unpaired) electrons. The monoisotopic (exact) mass is 314 g/mol. The summed E-state index contributed by atoms with van der Waals surface area (Å²) in [6.45, 7) is 1.49. The zero-order valence-electron chi connectivity index (χ0n) is 8.52. The van der Waals surface area contributed by atoms with Crippen molar-refractivity contribution in [3.63, 3.8) is 0 Å². The lowest BCUT2D eigenvalue weighted by atomic mass is 10.1. The Labute approximate surface area is 103 Å². The van der Waals surface area contributed by atoms with Crippen molar-refractivity contribution in [3.8, 4) is 5.75 Å². The van der Waals surface area contributed by atoms with Gasteiger partial charge in [0.25, 0.3) is 0 Å². The number of rotatable bonds is 3. The Morgan fingerprint density at radius 1 is 1.41 bits per heavy atom. The summed E-state index contributed by atoms with van der Waals surface area (Å²) in [5, 5.41) is 0. The minimum absolute atomic E-state index is 0.288. The molecule has 17 heavy (non-hydrogen) atoms. The molecule has 1 atom stereocenters. The largest absolute Gasteiger partial charge is 0.573 e. The third kappa shape index (κ3) is 3.99. The molecule has 0 saturated carbocycles. The molecule has 1 rings (SSSR count). The first-order valence-electron chi connectivity index (χ1n) is 4.44. The van der Waals surface area contributed by atoms with Crippen molar-refractivity contribution < 1.29 is 27.1 Å². The van der Waals surface area contributed by atoms with Gasteiger partial charge in [-0.25, -0.2) is 4.39 Å². The van der Waals surface area contributed by atoms with E-state index in [0.717, 1.165) is 12.1 Å². The first kappa shape index (κ1) is 14.0. The van der Waals surface area contributed by atoms with Gasteiger partial charge in [0.2, 0.25) is 0 Å². The third-order valence-corrected chi connectivity index (χ3v) is 2.22. The van der Waals surface area contributed by atoms with Gasteiger partial charge in [-0.3, -0.25) is 4.79 Å². The minimum Gasteiger partial charge on any atom is -0.406 e. The standard InChI is InChI=1S/C10H7BrF4O2/c1-5(11)9(16)7-3-2-6(4-8(7)12)17-10(13,14)15/h2-5H,1H3. The van der Waals surface area contributed by atoms with Gasteiger partial charge in [-0.1, -0.05) is 15.9 Å². The Morgan fingerprint density at radius 2 is 2.00 bits per heavy atom. The van der Waals surface area contributed by atoms with Crippen LogP contribution in [0.5, 0.6) is 5.75 Å². The fraction of sp³-hybridized carbons (Fsp3) is 0.300. The third-order valence-electron chi connectivity index (χ3n) is 1.80. The second-order valence-corrected chi connectivity index (χ2v) is 4.54. The van der Waals surface area contributed by atoms with Crippen LogP contribution in [0.25, 0.3) is 0 Å². The van der Waals surface area contributed by atoms with Crippen LogP contribution in [-0.4, -0.2) is 17.0 Å². The topological polar surface area (TPSA) is 26.3 Å². The Morgan fingerprint density at radius 3 is 2.41 bits per heavy atom. The van der Waals surface area contributed by atoms with E-state index in [4.69, 9.17) is 0 Å². The van der Waals surface area contributed by atoms with Gasteiger partial charge in [0.1, 0.15) is 11.6 Å². The van der Waals surface area contributed by atoms with Crippen LogP contribution >= 0.6 is 15.9 Å². The maximum atomic E-state index is 13.3. The lowest BCUT2D eigenvalue weighted by molar-refractivity contribution is -0.274. The molecule has 94 valence electrons. The molecule has 0 saturated heterocycles. The van der Waals surface area contributed by atoms with Crippen LogP contribution in [0.4, 0.5) is 17.6 Å². The number of carbonyl (C=O) groups is 1. The van der Waals surface area contributed by atoms with Crippen molar-refractivity contribution in [1.82, 2.24) is 0 Å². The fourth-order valence-corrected chi connectivity index (χ4v) is 1.35. The molecule has 0 N–H and O–H groups in total. The number of ketones is 1. The predicted octanol–water partition coefficient (Wildman–Crippen LogP) is 3.69. The molecular weight excluding hydrogens is 308 g/mol. The number of hydrogen-bond acceptors (Lipinski definition) is 2. The molecule has 0 aliphatic rings. The molecule has 0 spiro atoms. The maximum absolute atomic E-state index is 13.3. The molecule has 0 aliphatic heterocycles. The van der Waals surface area contributed by atoms with Crippen molar-refractivity contribution >= 4 is 21.7 Å². The molecule has 0 aliphatic carbocycles. The molecule has 0 heterocycles. The van der Waals surface area contributed by atoms with Crippen molar-refractivity contribution in [1.29, 1.82) is 0 Å². The normalized spacial score (nSPS) is 13.3. The molecule has 7 heteroatoms. The van der Waals surface area contributed by atoms with E-state index < -0.39 is 28.5 Å². The molecular formula is C10H7BrF4O2. The van der Waals surface area contributed by atoms with Crippen LogP contribution in [-0.2, 0) is 0 Å². The SMILES string of the molecule is CC(Br)C(=O)c1ccc(OC(F)(F)F)cc1F. The summed E-state index contributed by atoms with van der Waals surface area (Å²) in [6.07, 6.45) is -4.89. The van der Waals surface area contributed by atoms with E-state index in [2.05, 4.69) is 20.7 Å². The van der Waals surface area contributed by atoms with Crippen molar-refractivity contribution in [2.24, 2.45) is 0 Å². The van der Waals surface area contributed by atoms with Crippen LogP contribution in [0.3, 0.4) is 0 Å². The van der Waals surface area contributed by atoms with E-state index in [1.165, 1.54) is 6.92 Å². The maximum Gasteiger partial charge on any atom is 0.573 e. The molecule has 1 aromatic carbocycles. The van der Waals surface area contributed by atoms with E-state index in [1.54, 1.807) is 0 Å². The summed E-state index contributed by atoms with van der Waals surface area (Å²) in [5.74, 6) is -2.31. The second-order valence-electron chi connectivity index (χ2n) is 3.17.